The number of nitrogens with two attached hydrogens (primary N) is 1. The van der Waals surface area contributed by atoms with Crippen molar-refractivity contribution in [2.45, 2.75) is 19.3 Å². The fraction of sp³-hybridized carbons (Fsp3) is 0.300. The van der Waals surface area contributed by atoms with E-state index in [9.17, 15) is 4.79 Å². The number of fused-ring (bicyclic) bond motifs is 1. The van der Waals surface area contributed by atoms with Crippen LogP contribution in [-0.2, 0) is 4.79 Å². The summed E-state index contributed by atoms with van der Waals surface area (Å²) in [4.78, 5) is 11.2. The molecular weight excluding hydrogens is 164 g/mol. The SMILES string of the molecule is CC1CC(=O)Nc2ccc(N)cc21. The van der Waals surface area contributed by atoms with Crippen molar-refractivity contribution in [2.75, 3.05) is 11.1 Å². The highest BCUT2D eigenvalue weighted by molar-refractivity contribution is 5.94. The van der Waals surface area contributed by atoms with Crippen LogP contribution >= 0.6 is 0 Å². The van der Waals surface area contributed by atoms with Gasteiger partial charge in [-0.25, -0.2) is 0 Å². The van der Waals surface area contributed by atoms with E-state index in [0.29, 0.717) is 6.42 Å². The molecule has 0 aromatic heterocycles. The Kier molecular flexibility index (Phi) is 1.72. The van der Waals surface area contributed by atoms with Crippen molar-refractivity contribution >= 4 is 17.3 Å². The maximum absolute atomic E-state index is 11.2. The number of carbonyl (C=O) groups is 1. The first-order valence-electron chi connectivity index (χ1n) is 4.36. The Hall–Kier alpha value is -1.51. The molecule has 0 aliphatic carbocycles. The molecule has 0 radical (unpaired) electrons. The zero-order chi connectivity index (χ0) is 9.42. The van der Waals surface area contributed by atoms with Crippen molar-refractivity contribution < 1.29 is 4.79 Å². The summed E-state index contributed by atoms with van der Waals surface area (Å²) in [6, 6.07) is 5.59. The molecule has 2 rings (SSSR count). The van der Waals surface area contributed by atoms with Gasteiger partial charge in [0.15, 0.2) is 0 Å². The molecular formula is C10H12N2O. The van der Waals surface area contributed by atoms with Crippen LogP contribution in [0.15, 0.2) is 18.2 Å². The third-order valence-electron chi connectivity index (χ3n) is 2.37. The van der Waals surface area contributed by atoms with Crippen molar-refractivity contribution in [3.63, 3.8) is 0 Å². The van der Waals surface area contributed by atoms with Gasteiger partial charge in [0.25, 0.3) is 0 Å². The van der Waals surface area contributed by atoms with Gasteiger partial charge in [0.2, 0.25) is 5.91 Å². The molecule has 1 aliphatic heterocycles. The van der Waals surface area contributed by atoms with E-state index < -0.39 is 0 Å². The molecule has 1 aliphatic rings. The van der Waals surface area contributed by atoms with Gasteiger partial charge in [-0.1, -0.05) is 6.92 Å². The number of anilines is 2. The Morgan fingerprint density at radius 3 is 3.08 bits per heavy atom. The van der Waals surface area contributed by atoms with E-state index >= 15 is 0 Å². The summed E-state index contributed by atoms with van der Waals surface area (Å²) in [5.74, 6) is 0.358. The Morgan fingerprint density at radius 2 is 2.31 bits per heavy atom. The van der Waals surface area contributed by atoms with Crippen LogP contribution in [0.2, 0.25) is 0 Å². The Balaban J connectivity index is 2.49. The van der Waals surface area contributed by atoms with Gasteiger partial charge in [-0.3, -0.25) is 4.79 Å². The van der Waals surface area contributed by atoms with Crippen LogP contribution in [0.25, 0.3) is 0 Å². The quantitative estimate of drug-likeness (QED) is 0.591. The number of hydrogen-bond acceptors (Lipinski definition) is 2. The summed E-state index contributed by atoms with van der Waals surface area (Å²) in [6.45, 7) is 2.04. The van der Waals surface area contributed by atoms with Crippen LogP contribution in [0.5, 0.6) is 0 Å². The molecule has 0 saturated heterocycles. The van der Waals surface area contributed by atoms with Crippen LogP contribution in [0, 0.1) is 0 Å². The molecule has 0 bridgehead atoms. The highest BCUT2D eigenvalue weighted by Gasteiger charge is 2.21. The molecule has 0 fully saturated rings. The van der Waals surface area contributed by atoms with Crippen molar-refractivity contribution in [3.8, 4) is 0 Å². The lowest BCUT2D eigenvalue weighted by Gasteiger charge is -2.22. The number of benzene rings is 1. The summed E-state index contributed by atoms with van der Waals surface area (Å²) in [6.07, 6.45) is 0.552. The number of nitrogens with one attached hydrogen (secondary N) is 1. The molecule has 3 N–H and O–H groups in total. The second kappa shape index (κ2) is 2.76. The van der Waals surface area contributed by atoms with Gasteiger partial charge in [0.05, 0.1) is 0 Å². The van der Waals surface area contributed by atoms with Crippen LogP contribution in [0.3, 0.4) is 0 Å². The van der Waals surface area contributed by atoms with Crippen molar-refractivity contribution in [2.24, 2.45) is 0 Å². The molecule has 1 amide bonds. The molecule has 0 saturated carbocycles. The van der Waals surface area contributed by atoms with Crippen molar-refractivity contribution in [1.82, 2.24) is 0 Å². The van der Waals surface area contributed by atoms with Gasteiger partial charge in [-0.05, 0) is 29.7 Å². The van der Waals surface area contributed by atoms with E-state index in [1.54, 1.807) is 6.07 Å². The minimum Gasteiger partial charge on any atom is -0.399 e. The molecule has 13 heavy (non-hydrogen) atoms. The smallest absolute Gasteiger partial charge is 0.224 e. The first-order chi connectivity index (χ1) is 6.16. The number of amides is 1. The van der Waals surface area contributed by atoms with E-state index in [2.05, 4.69) is 5.32 Å². The third-order valence-corrected chi connectivity index (χ3v) is 2.37. The second-order valence-corrected chi connectivity index (χ2v) is 3.50. The zero-order valence-electron chi connectivity index (χ0n) is 7.50. The van der Waals surface area contributed by atoms with Gasteiger partial charge in [0, 0.05) is 17.8 Å². The Bertz CT molecular complexity index is 360. The van der Waals surface area contributed by atoms with E-state index in [4.69, 9.17) is 5.73 Å². The van der Waals surface area contributed by atoms with Gasteiger partial charge in [0.1, 0.15) is 0 Å². The molecule has 0 spiro atoms. The number of carbonyl (C=O) groups excluding carboxylic acids is 1. The summed E-state index contributed by atoms with van der Waals surface area (Å²) in [5, 5.41) is 2.82. The Morgan fingerprint density at radius 1 is 1.54 bits per heavy atom. The lowest BCUT2D eigenvalue weighted by atomic mass is 9.92. The van der Waals surface area contributed by atoms with E-state index in [0.717, 1.165) is 16.9 Å². The lowest BCUT2D eigenvalue weighted by Crippen LogP contribution is -2.21. The molecule has 1 aromatic rings. The molecule has 1 aromatic carbocycles. The van der Waals surface area contributed by atoms with Crippen LogP contribution in [0.1, 0.15) is 24.8 Å². The summed E-state index contributed by atoms with van der Waals surface area (Å²) < 4.78 is 0. The summed E-state index contributed by atoms with van der Waals surface area (Å²) in [7, 11) is 0. The first kappa shape index (κ1) is 8.10. The molecule has 1 heterocycles. The first-order valence-corrected chi connectivity index (χ1v) is 4.36. The topological polar surface area (TPSA) is 55.1 Å². The predicted molar refractivity (Wildman–Crippen MR) is 52.5 cm³/mol. The van der Waals surface area contributed by atoms with Crippen LogP contribution in [-0.4, -0.2) is 5.91 Å². The highest BCUT2D eigenvalue weighted by Crippen LogP contribution is 2.32. The molecule has 68 valence electrons. The maximum Gasteiger partial charge on any atom is 0.224 e. The lowest BCUT2D eigenvalue weighted by molar-refractivity contribution is -0.116. The number of nitrogen functional groups attached to an aromatic ring is 1. The van der Waals surface area contributed by atoms with Crippen molar-refractivity contribution in [1.29, 1.82) is 0 Å². The Labute approximate surface area is 76.9 Å². The van der Waals surface area contributed by atoms with E-state index in [1.165, 1.54) is 0 Å². The minimum absolute atomic E-state index is 0.0878. The molecule has 1 unspecified atom stereocenters. The second-order valence-electron chi connectivity index (χ2n) is 3.50. The van der Waals surface area contributed by atoms with Gasteiger partial charge in [-0.2, -0.15) is 0 Å². The van der Waals surface area contributed by atoms with E-state index in [-0.39, 0.29) is 11.8 Å². The average molecular weight is 176 g/mol. The third kappa shape index (κ3) is 1.37. The standard InChI is InChI=1S/C10H12N2O/c1-6-4-10(13)12-9-3-2-7(11)5-8(6)9/h2-3,5-6H,4,11H2,1H3,(H,12,13). The average Bonchev–Trinajstić information content (AvgIpc) is 2.06. The molecule has 3 heteroatoms. The fourth-order valence-corrected chi connectivity index (χ4v) is 1.69. The number of hydrogen-bond donors (Lipinski definition) is 2. The van der Waals surface area contributed by atoms with Crippen LogP contribution < -0.4 is 11.1 Å². The zero-order valence-corrected chi connectivity index (χ0v) is 7.50. The summed E-state index contributed by atoms with van der Waals surface area (Å²) in [5.41, 5.74) is 8.46. The highest BCUT2D eigenvalue weighted by atomic mass is 16.1. The molecule has 1 atom stereocenters. The van der Waals surface area contributed by atoms with Gasteiger partial charge < -0.3 is 11.1 Å². The largest absolute Gasteiger partial charge is 0.399 e. The van der Waals surface area contributed by atoms with Gasteiger partial charge in [-0.15, -0.1) is 0 Å². The predicted octanol–water partition coefficient (Wildman–Crippen LogP) is 1.71. The van der Waals surface area contributed by atoms with Crippen LogP contribution in [0.4, 0.5) is 11.4 Å². The van der Waals surface area contributed by atoms with E-state index in [1.807, 2.05) is 19.1 Å². The number of rotatable bonds is 0. The van der Waals surface area contributed by atoms with Crippen molar-refractivity contribution in [3.05, 3.63) is 23.8 Å². The normalized spacial score (nSPS) is 20.7. The maximum atomic E-state index is 11.2. The monoisotopic (exact) mass is 176 g/mol. The molecule has 3 nitrogen and oxygen atoms in total. The minimum atomic E-state index is 0.0878. The fourth-order valence-electron chi connectivity index (χ4n) is 1.69. The summed E-state index contributed by atoms with van der Waals surface area (Å²) >= 11 is 0. The van der Waals surface area contributed by atoms with Gasteiger partial charge >= 0.3 is 0 Å².